The molecule has 2 aromatic rings. The number of amides is 5. The number of aromatic nitrogens is 1. The first kappa shape index (κ1) is 20.8. The molecule has 10 nitrogen and oxygen atoms in total. The monoisotopic (exact) mass is 411 g/mol. The van der Waals surface area contributed by atoms with Crippen molar-refractivity contribution in [2.24, 2.45) is 0 Å². The van der Waals surface area contributed by atoms with Gasteiger partial charge in [0.1, 0.15) is 11.8 Å². The average Bonchev–Trinajstić information content (AvgIpc) is 2.76. The van der Waals surface area contributed by atoms with Gasteiger partial charge in [0.2, 0.25) is 11.8 Å². The molecule has 1 aromatic heterocycles. The number of rotatable bonds is 6. The smallest absolute Gasteiger partial charge is 0.346 e. The van der Waals surface area contributed by atoms with Crippen LogP contribution in [0.3, 0.4) is 0 Å². The Labute approximate surface area is 172 Å². The molecule has 1 aliphatic rings. The van der Waals surface area contributed by atoms with Crippen molar-refractivity contribution in [2.45, 2.75) is 19.4 Å². The van der Waals surface area contributed by atoms with E-state index in [2.05, 4.69) is 15.7 Å². The number of pyridine rings is 1. The van der Waals surface area contributed by atoms with E-state index in [1.807, 2.05) is 0 Å². The van der Waals surface area contributed by atoms with E-state index < -0.39 is 29.8 Å². The molecule has 10 heteroatoms. The van der Waals surface area contributed by atoms with Crippen molar-refractivity contribution < 1.29 is 23.9 Å². The summed E-state index contributed by atoms with van der Waals surface area (Å²) in [5.74, 6) is -1.08. The lowest BCUT2D eigenvalue weighted by Gasteiger charge is -2.38. The summed E-state index contributed by atoms with van der Waals surface area (Å²) in [6.45, 7) is 1.75. The maximum Gasteiger partial charge on any atom is 0.346 e. The molecule has 0 spiro atoms. The fraction of sp³-hybridized carbons (Fsp3) is 0.250. The van der Waals surface area contributed by atoms with Crippen molar-refractivity contribution in [1.29, 1.82) is 0 Å². The lowest BCUT2D eigenvalue weighted by molar-refractivity contribution is -0.138. The summed E-state index contributed by atoms with van der Waals surface area (Å²) in [4.78, 5) is 55.4. The quantitative estimate of drug-likeness (QED) is 0.742. The highest BCUT2D eigenvalue weighted by Crippen LogP contribution is 2.20. The van der Waals surface area contributed by atoms with Gasteiger partial charge in [-0.05, 0) is 43.3 Å². The Kier molecular flexibility index (Phi) is 6.26. The standard InChI is InChI=1S/C20H21N5O5/c1-3-24-17(26)12-16(19(28)22-14-4-6-15(30-2)7-5-14)25(20(24)29)23-18(27)13-8-10-21-11-9-13/h4-11,16H,3,12H2,1-2H3,(H,22,28)(H,23,27). The summed E-state index contributed by atoms with van der Waals surface area (Å²) in [6, 6.07) is 7.54. The van der Waals surface area contributed by atoms with Gasteiger partial charge < -0.3 is 10.1 Å². The van der Waals surface area contributed by atoms with Gasteiger partial charge in [-0.15, -0.1) is 0 Å². The second-order valence-electron chi connectivity index (χ2n) is 6.41. The lowest BCUT2D eigenvalue weighted by atomic mass is 10.1. The van der Waals surface area contributed by atoms with Crippen molar-refractivity contribution in [2.75, 3.05) is 19.0 Å². The summed E-state index contributed by atoms with van der Waals surface area (Å²) in [5.41, 5.74) is 3.16. The highest BCUT2D eigenvalue weighted by Gasteiger charge is 2.43. The molecule has 0 aliphatic carbocycles. The van der Waals surface area contributed by atoms with E-state index in [4.69, 9.17) is 4.74 Å². The molecule has 1 aromatic carbocycles. The zero-order chi connectivity index (χ0) is 21.7. The van der Waals surface area contributed by atoms with Crippen LogP contribution < -0.4 is 15.5 Å². The highest BCUT2D eigenvalue weighted by molar-refractivity contribution is 6.07. The third-order valence-corrected chi connectivity index (χ3v) is 4.56. The van der Waals surface area contributed by atoms with E-state index >= 15 is 0 Å². The molecule has 30 heavy (non-hydrogen) atoms. The Morgan fingerprint density at radius 2 is 1.80 bits per heavy atom. The Morgan fingerprint density at radius 1 is 1.13 bits per heavy atom. The Morgan fingerprint density at radius 3 is 2.40 bits per heavy atom. The van der Waals surface area contributed by atoms with Crippen LogP contribution in [0.2, 0.25) is 0 Å². The first-order chi connectivity index (χ1) is 14.4. The number of ether oxygens (including phenoxy) is 1. The van der Waals surface area contributed by atoms with E-state index in [0.717, 1.165) is 9.91 Å². The molecule has 0 saturated carbocycles. The zero-order valence-electron chi connectivity index (χ0n) is 16.5. The van der Waals surface area contributed by atoms with Gasteiger partial charge in [0.15, 0.2) is 0 Å². The van der Waals surface area contributed by atoms with Crippen LogP contribution >= 0.6 is 0 Å². The van der Waals surface area contributed by atoms with Crippen LogP contribution in [0, 0.1) is 0 Å². The number of nitrogens with one attached hydrogen (secondary N) is 2. The molecule has 1 atom stereocenters. The van der Waals surface area contributed by atoms with Gasteiger partial charge >= 0.3 is 6.03 Å². The van der Waals surface area contributed by atoms with Gasteiger partial charge in [0.05, 0.1) is 13.5 Å². The number of anilines is 1. The molecule has 2 N–H and O–H groups in total. The summed E-state index contributed by atoms with van der Waals surface area (Å²) in [5, 5.41) is 3.55. The molecule has 1 aliphatic heterocycles. The minimum atomic E-state index is -1.21. The second-order valence-corrected chi connectivity index (χ2v) is 6.41. The van der Waals surface area contributed by atoms with Crippen LogP contribution in [-0.4, -0.2) is 58.3 Å². The summed E-state index contributed by atoms with van der Waals surface area (Å²) in [6.07, 6.45) is 2.60. The summed E-state index contributed by atoms with van der Waals surface area (Å²) in [7, 11) is 1.52. The summed E-state index contributed by atoms with van der Waals surface area (Å²) < 4.78 is 5.08. The molecule has 2 heterocycles. The van der Waals surface area contributed by atoms with Gasteiger partial charge in [-0.3, -0.25) is 29.7 Å². The molecule has 5 amide bonds. The molecule has 0 radical (unpaired) electrons. The Balaban J connectivity index is 1.82. The molecule has 1 fully saturated rings. The second kappa shape index (κ2) is 9.03. The van der Waals surface area contributed by atoms with Gasteiger partial charge in [0.25, 0.3) is 5.91 Å². The molecule has 1 unspecified atom stereocenters. The minimum Gasteiger partial charge on any atom is -0.497 e. The maximum atomic E-state index is 12.9. The molecule has 1 saturated heterocycles. The number of hydrazine groups is 1. The Hall–Kier alpha value is -3.95. The van der Waals surface area contributed by atoms with Crippen molar-refractivity contribution in [3.8, 4) is 5.75 Å². The topological polar surface area (TPSA) is 121 Å². The van der Waals surface area contributed by atoms with E-state index in [-0.39, 0.29) is 18.5 Å². The molecule has 3 rings (SSSR count). The van der Waals surface area contributed by atoms with Gasteiger partial charge in [-0.25, -0.2) is 9.80 Å². The van der Waals surface area contributed by atoms with Gasteiger partial charge in [-0.2, -0.15) is 0 Å². The minimum absolute atomic E-state index is 0.117. The molecular weight excluding hydrogens is 390 g/mol. The highest BCUT2D eigenvalue weighted by atomic mass is 16.5. The average molecular weight is 411 g/mol. The van der Waals surface area contributed by atoms with E-state index in [0.29, 0.717) is 11.4 Å². The number of hydrogen-bond acceptors (Lipinski definition) is 6. The van der Waals surface area contributed by atoms with Crippen molar-refractivity contribution in [3.05, 3.63) is 54.4 Å². The predicted octanol–water partition coefficient (Wildman–Crippen LogP) is 1.42. The number of carbonyl (C=O) groups is 4. The van der Waals surface area contributed by atoms with Gasteiger partial charge in [0, 0.05) is 30.2 Å². The Bertz CT molecular complexity index is 948. The van der Waals surface area contributed by atoms with Crippen LogP contribution in [0.5, 0.6) is 5.75 Å². The fourth-order valence-corrected chi connectivity index (χ4v) is 2.96. The van der Waals surface area contributed by atoms with E-state index in [1.165, 1.54) is 31.6 Å². The van der Waals surface area contributed by atoms with Crippen LogP contribution in [0.4, 0.5) is 10.5 Å². The van der Waals surface area contributed by atoms with Crippen LogP contribution in [0.25, 0.3) is 0 Å². The molecule has 0 bridgehead atoms. The van der Waals surface area contributed by atoms with Crippen molar-refractivity contribution in [3.63, 3.8) is 0 Å². The number of urea groups is 1. The predicted molar refractivity (Wildman–Crippen MR) is 106 cm³/mol. The SMILES string of the molecule is CCN1C(=O)CC(C(=O)Nc2ccc(OC)cc2)N(NC(=O)c2ccncc2)C1=O. The first-order valence-corrected chi connectivity index (χ1v) is 9.24. The largest absolute Gasteiger partial charge is 0.497 e. The lowest BCUT2D eigenvalue weighted by Crippen LogP contribution is -2.65. The van der Waals surface area contributed by atoms with Crippen molar-refractivity contribution >= 4 is 29.4 Å². The third-order valence-electron chi connectivity index (χ3n) is 4.56. The number of imide groups is 1. The maximum absolute atomic E-state index is 12.9. The summed E-state index contributed by atoms with van der Waals surface area (Å²) >= 11 is 0. The zero-order valence-corrected chi connectivity index (χ0v) is 16.5. The number of methoxy groups -OCH3 is 1. The fourth-order valence-electron chi connectivity index (χ4n) is 2.96. The van der Waals surface area contributed by atoms with Crippen LogP contribution in [-0.2, 0) is 9.59 Å². The van der Waals surface area contributed by atoms with Crippen LogP contribution in [0.1, 0.15) is 23.7 Å². The van der Waals surface area contributed by atoms with Crippen molar-refractivity contribution in [1.82, 2.24) is 20.3 Å². The number of hydrogen-bond donors (Lipinski definition) is 2. The first-order valence-electron chi connectivity index (χ1n) is 9.24. The molecule has 156 valence electrons. The van der Waals surface area contributed by atoms with E-state index in [1.54, 1.807) is 31.2 Å². The number of carbonyl (C=O) groups excluding carboxylic acids is 4. The van der Waals surface area contributed by atoms with Crippen LogP contribution in [0.15, 0.2) is 48.8 Å². The van der Waals surface area contributed by atoms with E-state index in [9.17, 15) is 19.2 Å². The number of benzene rings is 1. The number of nitrogens with zero attached hydrogens (tertiary/aromatic N) is 3. The van der Waals surface area contributed by atoms with Gasteiger partial charge in [-0.1, -0.05) is 0 Å². The normalized spacial score (nSPS) is 16.3. The third kappa shape index (κ3) is 4.37. The molecular formula is C20H21N5O5.